The first-order chi connectivity index (χ1) is 8.09. The molecule has 1 aliphatic rings. The van der Waals surface area contributed by atoms with Gasteiger partial charge in [0.15, 0.2) is 0 Å². The molecule has 2 N–H and O–H groups in total. The minimum absolute atomic E-state index is 0.394. The molecule has 17 heavy (non-hydrogen) atoms. The van der Waals surface area contributed by atoms with E-state index in [4.69, 9.17) is 0 Å². The lowest BCUT2D eigenvalue weighted by molar-refractivity contribution is -0.144. The number of benzene rings is 1. The highest BCUT2D eigenvalue weighted by atomic mass is 16.4. The van der Waals surface area contributed by atoms with Crippen molar-refractivity contribution in [3.8, 4) is 0 Å². The average molecular weight is 235 g/mol. The number of rotatable bonds is 3. The van der Waals surface area contributed by atoms with Crippen LogP contribution in [0.2, 0.25) is 0 Å². The van der Waals surface area contributed by atoms with E-state index in [1.807, 2.05) is 29.2 Å². The maximum Gasteiger partial charge on any atom is 0.325 e. The van der Waals surface area contributed by atoms with Crippen LogP contribution in [0.5, 0.6) is 0 Å². The van der Waals surface area contributed by atoms with E-state index < -0.39 is 18.1 Å². The average Bonchev–Trinajstić information content (AvgIpc) is 2.27. The van der Waals surface area contributed by atoms with Crippen molar-refractivity contribution >= 4 is 5.97 Å². The van der Waals surface area contributed by atoms with Crippen molar-refractivity contribution in [2.45, 2.75) is 25.5 Å². The molecule has 2 rings (SSSR count). The summed E-state index contributed by atoms with van der Waals surface area (Å²) >= 11 is 0. The number of hydrogen-bond donors (Lipinski definition) is 2. The lowest BCUT2D eigenvalue weighted by Crippen LogP contribution is -2.42. The molecule has 0 bridgehead atoms. The molecule has 4 heteroatoms. The number of β-amino-alcohol motifs (C(OH)–C–C–N with tert-alkyl or cyclic N) is 1. The van der Waals surface area contributed by atoms with Crippen LogP contribution in [0, 0.1) is 0 Å². The van der Waals surface area contributed by atoms with Crippen LogP contribution in [0.4, 0.5) is 0 Å². The number of carboxylic acids is 1. The number of fused-ring (bicyclic) bond motifs is 1. The van der Waals surface area contributed by atoms with Crippen LogP contribution in [0.1, 0.15) is 24.1 Å². The lowest BCUT2D eigenvalue weighted by Gasteiger charge is -2.35. The zero-order valence-electron chi connectivity index (χ0n) is 9.84. The second-order valence-electron chi connectivity index (χ2n) is 4.53. The molecule has 0 fully saturated rings. The minimum Gasteiger partial charge on any atom is -0.480 e. The maximum absolute atomic E-state index is 11.4. The molecule has 1 aromatic rings. The molecule has 0 saturated carbocycles. The minimum atomic E-state index is -0.849. The molecule has 2 unspecified atom stereocenters. The van der Waals surface area contributed by atoms with E-state index in [-0.39, 0.29) is 0 Å². The molecular weight excluding hydrogens is 218 g/mol. The lowest BCUT2D eigenvalue weighted by atomic mass is 9.92. The van der Waals surface area contributed by atoms with Gasteiger partial charge in [-0.2, -0.15) is 0 Å². The summed E-state index contributed by atoms with van der Waals surface area (Å²) in [5.74, 6) is -0.849. The Bertz CT molecular complexity index is 417. The van der Waals surface area contributed by atoms with Crippen molar-refractivity contribution in [3.63, 3.8) is 0 Å². The molecule has 2 atom stereocenters. The van der Waals surface area contributed by atoms with E-state index in [1.165, 1.54) is 0 Å². The van der Waals surface area contributed by atoms with Crippen molar-refractivity contribution in [3.05, 3.63) is 35.4 Å². The Morgan fingerprint density at radius 3 is 2.88 bits per heavy atom. The predicted octanol–water partition coefficient (Wildman–Crippen LogP) is 1.05. The number of carbonyl (C=O) groups is 1. The Morgan fingerprint density at radius 2 is 2.24 bits per heavy atom. The summed E-state index contributed by atoms with van der Waals surface area (Å²) in [4.78, 5) is 13.2. The first-order valence-electron chi connectivity index (χ1n) is 5.82. The van der Waals surface area contributed by atoms with Crippen LogP contribution >= 0.6 is 0 Å². The molecule has 0 amide bonds. The summed E-state index contributed by atoms with van der Waals surface area (Å²) in [5.41, 5.74) is 1.95. The Kier molecular flexibility index (Phi) is 3.45. The van der Waals surface area contributed by atoms with Crippen molar-refractivity contribution in [1.29, 1.82) is 0 Å². The highest BCUT2D eigenvalue weighted by Gasteiger charge is 2.32. The third kappa shape index (κ3) is 2.48. The number of nitrogens with zero attached hydrogens (tertiary/aromatic N) is 1. The fourth-order valence-corrected chi connectivity index (χ4v) is 2.44. The Hall–Kier alpha value is -1.39. The molecule has 92 valence electrons. The van der Waals surface area contributed by atoms with Crippen LogP contribution in [-0.2, 0) is 11.2 Å². The second kappa shape index (κ2) is 4.85. The van der Waals surface area contributed by atoms with Gasteiger partial charge in [0.1, 0.15) is 6.04 Å². The van der Waals surface area contributed by atoms with E-state index >= 15 is 0 Å². The van der Waals surface area contributed by atoms with E-state index in [0.29, 0.717) is 13.1 Å². The number of carboxylic acid groups (broad SMARTS) is 1. The van der Waals surface area contributed by atoms with Gasteiger partial charge in [-0.25, -0.2) is 0 Å². The Morgan fingerprint density at radius 1 is 1.53 bits per heavy atom. The van der Waals surface area contributed by atoms with Crippen LogP contribution in [-0.4, -0.2) is 40.3 Å². The second-order valence-corrected chi connectivity index (χ2v) is 4.53. The molecule has 0 spiro atoms. The highest BCUT2D eigenvalue weighted by Crippen LogP contribution is 2.29. The Balaban J connectivity index is 2.32. The van der Waals surface area contributed by atoms with Gasteiger partial charge in [-0.05, 0) is 24.5 Å². The SMILES string of the molecule is CC(O)CN1CCc2ccccc2C1C(=O)O. The molecule has 4 nitrogen and oxygen atoms in total. The zero-order valence-corrected chi connectivity index (χ0v) is 9.84. The van der Waals surface area contributed by atoms with Crippen molar-refractivity contribution in [2.24, 2.45) is 0 Å². The molecule has 1 heterocycles. The van der Waals surface area contributed by atoms with Gasteiger partial charge < -0.3 is 10.2 Å². The summed E-state index contributed by atoms with van der Waals surface area (Å²) in [6.07, 6.45) is 0.328. The standard InChI is InChI=1S/C13H17NO3/c1-9(15)8-14-7-6-10-4-2-3-5-11(10)12(14)13(16)17/h2-5,9,12,15H,6-8H2,1H3,(H,16,17). The number of aliphatic hydroxyl groups is 1. The zero-order chi connectivity index (χ0) is 12.4. The van der Waals surface area contributed by atoms with Gasteiger partial charge in [-0.3, -0.25) is 9.69 Å². The van der Waals surface area contributed by atoms with Crippen molar-refractivity contribution in [2.75, 3.05) is 13.1 Å². The normalized spacial score (nSPS) is 21.9. The largest absolute Gasteiger partial charge is 0.480 e. The molecule has 0 aromatic heterocycles. The monoisotopic (exact) mass is 235 g/mol. The van der Waals surface area contributed by atoms with Crippen LogP contribution in [0.15, 0.2) is 24.3 Å². The van der Waals surface area contributed by atoms with Crippen LogP contribution in [0.3, 0.4) is 0 Å². The van der Waals surface area contributed by atoms with Gasteiger partial charge in [0.05, 0.1) is 6.10 Å². The quantitative estimate of drug-likeness (QED) is 0.822. The molecule has 0 radical (unpaired) electrons. The van der Waals surface area contributed by atoms with Crippen LogP contribution in [0.25, 0.3) is 0 Å². The van der Waals surface area contributed by atoms with Crippen molar-refractivity contribution in [1.82, 2.24) is 4.90 Å². The third-order valence-corrected chi connectivity index (χ3v) is 3.12. The Labute approximate surface area is 100 Å². The fourth-order valence-electron chi connectivity index (χ4n) is 2.44. The number of aliphatic hydroxyl groups excluding tert-OH is 1. The molecule has 1 aliphatic heterocycles. The van der Waals surface area contributed by atoms with E-state index in [9.17, 15) is 15.0 Å². The molecule has 0 aliphatic carbocycles. The van der Waals surface area contributed by atoms with E-state index in [1.54, 1.807) is 6.92 Å². The molecule has 1 aromatic carbocycles. The molecule has 0 saturated heterocycles. The summed E-state index contributed by atoms with van der Waals surface area (Å²) in [7, 11) is 0. The predicted molar refractivity (Wildman–Crippen MR) is 63.8 cm³/mol. The topological polar surface area (TPSA) is 60.8 Å². The van der Waals surface area contributed by atoms with E-state index in [0.717, 1.165) is 17.5 Å². The summed E-state index contributed by atoms with van der Waals surface area (Å²) < 4.78 is 0. The highest BCUT2D eigenvalue weighted by molar-refractivity contribution is 5.76. The smallest absolute Gasteiger partial charge is 0.325 e. The van der Waals surface area contributed by atoms with Crippen molar-refractivity contribution < 1.29 is 15.0 Å². The van der Waals surface area contributed by atoms with Gasteiger partial charge in [0, 0.05) is 13.1 Å². The fraction of sp³-hybridized carbons (Fsp3) is 0.462. The first-order valence-corrected chi connectivity index (χ1v) is 5.82. The summed E-state index contributed by atoms with van der Waals surface area (Å²) in [5, 5.41) is 18.8. The number of aliphatic carboxylic acids is 1. The number of hydrogen-bond acceptors (Lipinski definition) is 3. The van der Waals surface area contributed by atoms with Gasteiger partial charge in [0.2, 0.25) is 0 Å². The van der Waals surface area contributed by atoms with Gasteiger partial charge in [-0.1, -0.05) is 24.3 Å². The van der Waals surface area contributed by atoms with E-state index in [2.05, 4.69) is 0 Å². The third-order valence-electron chi connectivity index (χ3n) is 3.12. The summed E-state index contributed by atoms with van der Waals surface area (Å²) in [6, 6.07) is 7.00. The molecular formula is C13H17NO3. The maximum atomic E-state index is 11.4. The first kappa shape index (κ1) is 12.1. The van der Waals surface area contributed by atoms with Gasteiger partial charge >= 0.3 is 5.97 Å². The van der Waals surface area contributed by atoms with Crippen LogP contribution < -0.4 is 0 Å². The van der Waals surface area contributed by atoms with Gasteiger partial charge in [0.25, 0.3) is 0 Å². The van der Waals surface area contributed by atoms with Gasteiger partial charge in [-0.15, -0.1) is 0 Å². The summed E-state index contributed by atoms with van der Waals surface area (Å²) in [6.45, 7) is 2.75.